The molecule has 1 saturated carbocycles. The van der Waals surface area contributed by atoms with Crippen molar-refractivity contribution in [1.82, 2.24) is 4.57 Å². The van der Waals surface area contributed by atoms with Crippen molar-refractivity contribution >= 4 is 16.8 Å². The third-order valence-corrected chi connectivity index (χ3v) is 6.28. The zero-order valence-corrected chi connectivity index (χ0v) is 12.8. The van der Waals surface area contributed by atoms with Crippen LogP contribution >= 0.6 is 0 Å². The molecule has 4 N–H and O–H groups in total. The van der Waals surface area contributed by atoms with Crippen LogP contribution in [0.2, 0.25) is 0 Å². The standard InChI is InChI=1S/C18H20N2O3/c19-12-5-11-10-6-14(21)15(22)7-13(10)20-16(23)4-8-2-1-3-9(12)17(8)18(11)20/h6-9,12,17,21-22H,1-5,19H2/t8-,9+,12-,17+/m1/s1. The summed E-state index contributed by atoms with van der Waals surface area (Å²) < 4.78 is 1.80. The molecule has 1 aromatic heterocycles. The molecule has 120 valence electrons. The van der Waals surface area contributed by atoms with E-state index in [1.54, 1.807) is 10.6 Å². The molecule has 1 fully saturated rings. The van der Waals surface area contributed by atoms with Crippen LogP contribution in [0.4, 0.5) is 0 Å². The zero-order valence-electron chi connectivity index (χ0n) is 12.8. The number of phenols is 2. The molecule has 2 aliphatic carbocycles. The predicted octanol–water partition coefficient (Wildman–Crippen LogP) is 2.48. The summed E-state index contributed by atoms with van der Waals surface area (Å²) in [5.74, 6) is 0.976. The number of carbonyl (C=O) groups is 1. The van der Waals surface area contributed by atoms with Gasteiger partial charge < -0.3 is 15.9 Å². The number of phenolic OH excluding ortho intramolecular Hbond substituents is 2. The monoisotopic (exact) mass is 312 g/mol. The van der Waals surface area contributed by atoms with E-state index in [0.29, 0.717) is 29.7 Å². The van der Waals surface area contributed by atoms with Crippen molar-refractivity contribution < 1.29 is 15.0 Å². The van der Waals surface area contributed by atoms with Crippen LogP contribution in [0.3, 0.4) is 0 Å². The number of nitrogens with zero attached hydrogens (tertiary/aromatic N) is 1. The minimum Gasteiger partial charge on any atom is -0.504 e. The zero-order chi connectivity index (χ0) is 15.9. The van der Waals surface area contributed by atoms with Crippen LogP contribution in [0.1, 0.15) is 47.7 Å². The molecule has 2 aromatic rings. The van der Waals surface area contributed by atoms with Crippen molar-refractivity contribution in [2.75, 3.05) is 0 Å². The van der Waals surface area contributed by atoms with E-state index in [1.165, 1.54) is 6.07 Å². The molecule has 0 spiro atoms. The summed E-state index contributed by atoms with van der Waals surface area (Å²) in [6.07, 6.45) is 4.69. The third-order valence-electron chi connectivity index (χ3n) is 6.28. The highest BCUT2D eigenvalue weighted by Gasteiger charge is 2.48. The first kappa shape index (κ1) is 13.4. The molecular weight excluding hydrogens is 292 g/mol. The molecule has 0 amide bonds. The molecule has 5 heteroatoms. The number of hydrogen-bond acceptors (Lipinski definition) is 4. The summed E-state index contributed by atoms with van der Waals surface area (Å²) in [5, 5.41) is 20.6. The molecule has 0 radical (unpaired) electrons. The van der Waals surface area contributed by atoms with E-state index in [0.717, 1.165) is 42.3 Å². The number of hydrogen-bond donors (Lipinski definition) is 3. The Morgan fingerprint density at radius 1 is 1.13 bits per heavy atom. The molecule has 0 unspecified atom stereocenters. The Morgan fingerprint density at radius 2 is 1.91 bits per heavy atom. The smallest absolute Gasteiger partial charge is 0.231 e. The lowest BCUT2D eigenvalue weighted by Gasteiger charge is -2.47. The molecule has 1 aromatic carbocycles. The van der Waals surface area contributed by atoms with Crippen LogP contribution in [0.5, 0.6) is 11.5 Å². The number of fused-ring (bicyclic) bond motifs is 3. The minimum absolute atomic E-state index is 0.110. The maximum absolute atomic E-state index is 12.8. The van der Waals surface area contributed by atoms with Crippen molar-refractivity contribution in [3.63, 3.8) is 0 Å². The Bertz CT molecular complexity index is 854. The van der Waals surface area contributed by atoms with Crippen molar-refractivity contribution in [2.45, 2.75) is 44.1 Å². The Morgan fingerprint density at radius 3 is 2.74 bits per heavy atom. The van der Waals surface area contributed by atoms with E-state index in [-0.39, 0.29) is 23.4 Å². The predicted molar refractivity (Wildman–Crippen MR) is 85.8 cm³/mol. The summed E-state index contributed by atoms with van der Waals surface area (Å²) in [4.78, 5) is 12.8. The highest BCUT2D eigenvalue weighted by Crippen LogP contribution is 2.54. The van der Waals surface area contributed by atoms with Gasteiger partial charge >= 0.3 is 0 Å². The maximum Gasteiger partial charge on any atom is 0.231 e. The van der Waals surface area contributed by atoms with E-state index < -0.39 is 0 Å². The Balaban J connectivity index is 1.88. The van der Waals surface area contributed by atoms with E-state index in [9.17, 15) is 15.0 Å². The largest absolute Gasteiger partial charge is 0.504 e. The van der Waals surface area contributed by atoms with Gasteiger partial charge in [0.15, 0.2) is 11.5 Å². The molecule has 3 aliphatic rings. The average Bonchev–Trinajstić information content (AvgIpc) is 2.82. The summed E-state index contributed by atoms with van der Waals surface area (Å²) >= 11 is 0. The number of carbonyl (C=O) groups excluding carboxylic acids is 1. The first-order chi connectivity index (χ1) is 11.1. The number of nitrogens with two attached hydrogens (primary N) is 1. The van der Waals surface area contributed by atoms with Gasteiger partial charge in [0.1, 0.15) is 0 Å². The van der Waals surface area contributed by atoms with Crippen molar-refractivity contribution in [3.05, 3.63) is 23.4 Å². The second kappa shape index (κ2) is 4.29. The van der Waals surface area contributed by atoms with Gasteiger partial charge in [-0.2, -0.15) is 0 Å². The minimum atomic E-state index is -0.178. The number of benzene rings is 1. The molecule has 0 saturated heterocycles. The quantitative estimate of drug-likeness (QED) is 0.652. The molecule has 5 nitrogen and oxygen atoms in total. The summed E-state index contributed by atoms with van der Waals surface area (Å²) in [6.45, 7) is 0. The average molecular weight is 312 g/mol. The van der Waals surface area contributed by atoms with Crippen LogP contribution < -0.4 is 5.73 Å². The molecular formula is C18H20N2O3. The van der Waals surface area contributed by atoms with Gasteiger partial charge in [-0.25, -0.2) is 0 Å². The van der Waals surface area contributed by atoms with Gasteiger partial charge in [-0.15, -0.1) is 0 Å². The van der Waals surface area contributed by atoms with Crippen LogP contribution in [0.15, 0.2) is 12.1 Å². The van der Waals surface area contributed by atoms with Gasteiger partial charge in [-0.05, 0) is 42.7 Å². The molecule has 1 aliphatic heterocycles. The summed E-state index contributed by atoms with van der Waals surface area (Å²) in [6, 6.07) is 3.21. The van der Waals surface area contributed by atoms with Gasteiger partial charge in [-0.1, -0.05) is 6.42 Å². The lowest BCUT2D eigenvalue weighted by molar-refractivity contribution is 0.0748. The first-order valence-electron chi connectivity index (χ1n) is 8.44. The molecule has 2 heterocycles. The fraction of sp³-hybridized carbons (Fsp3) is 0.500. The highest BCUT2D eigenvalue weighted by atomic mass is 16.3. The van der Waals surface area contributed by atoms with Crippen LogP contribution in [0.25, 0.3) is 10.9 Å². The fourth-order valence-corrected chi connectivity index (χ4v) is 5.39. The Hall–Kier alpha value is -2.01. The van der Waals surface area contributed by atoms with E-state index in [2.05, 4.69) is 0 Å². The Kier molecular flexibility index (Phi) is 2.51. The molecule has 23 heavy (non-hydrogen) atoms. The van der Waals surface area contributed by atoms with Crippen LogP contribution in [-0.4, -0.2) is 26.7 Å². The molecule has 4 atom stereocenters. The third kappa shape index (κ3) is 1.58. The SMILES string of the molecule is N[C@@H]1Cc2c3n(c4cc(O)c(O)cc24)C(=O)C[C@H]2CCC[C@@H]1[C@@H]32. The van der Waals surface area contributed by atoms with Gasteiger partial charge in [-0.3, -0.25) is 9.36 Å². The molecule has 0 bridgehead atoms. The second-order valence-electron chi connectivity index (χ2n) is 7.40. The van der Waals surface area contributed by atoms with Crippen LogP contribution in [-0.2, 0) is 6.42 Å². The van der Waals surface area contributed by atoms with Gasteiger partial charge in [0.25, 0.3) is 0 Å². The van der Waals surface area contributed by atoms with Crippen LogP contribution in [0, 0.1) is 11.8 Å². The molecule has 5 rings (SSSR count). The van der Waals surface area contributed by atoms with E-state index >= 15 is 0 Å². The normalized spacial score (nSPS) is 32.1. The summed E-state index contributed by atoms with van der Waals surface area (Å²) in [5.41, 5.74) is 9.41. The number of aromatic nitrogens is 1. The fourth-order valence-electron chi connectivity index (χ4n) is 5.39. The first-order valence-corrected chi connectivity index (χ1v) is 8.44. The van der Waals surface area contributed by atoms with E-state index in [1.807, 2.05) is 0 Å². The van der Waals surface area contributed by atoms with Crippen molar-refractivity contribution in [2.24, 2.45) is 17.6 Å². The second-order valence-corrected chi connectivity index (χ2v) is 7.40. The Labute approximate surface area is 133 Å². The topological polar surface area (TPSA) is 88.5 Å². The van der Waals surface area contributed by atoms with Gasteiger partial charge in [0, 0.05) is 35.5 Å². The van der Waals surface area contributed by atoms with Crippen molar-refractivity contribution in [1.29, 1.82) is 0 Å². The lowest BCUT2D eigenvalue weighted by Crippen LogP contribution is -2.47. The highest BCUT2D eigenvalue weighted by molar-refractivity contribution is 5.99. The van der Waals surface area contributed by atoms with Gasteiger partial charge in [0.05, 0.1) is 5.52 Å². The maximum atomic E-state index is 12.8. The summed E-state index contributed by atoms with van der Waals surface area (Å²) in [7, 11) is 0. The van der Waals surface area contributed by atoms with Crippen molar-refractivity contribution in [3.8, 4) is 11.5 Å². The number of rotatable bonds is 0. The van der Waals surface area contributed by atoms with Gasteiger partial charge in [0.2, 0.25) is 5.91 Å². The van der Waals surface area contributed by atoms with E-state index in [4.69, 9.17) is 5.73 Å². The lowest BCUT2D eigenvalue weighted by atomic mass is 9.61. The number of aromatic hydroxyl groups is 2.